The lowest BCUT2D eigenvalue weighted by molar-refractivity contribution is -0.385. The molecular weight excluding hydrogens is 334 g/mol. The molecule has 0 saturated heterocycles. The number of hydrogen-bond donors (Lipinski definition) is 1. The minimum absolute atomic E-state index is 0.150. The fraction of sp³-hybridized carbons (Fsp3) is 0.0526. The first-order valence-corrected chi connectivity index (χ1v) is 7.83. The number of amides is 1. The number of hydrogen-bond acceptors (Lipinski definition) is 4. The Kier molecular flexibility index (Phi) is 4.89. The summed E-state index contributed by atoms with van der Waals surface area (Å²) in [6.07, 6.45) is 1.21. The maximum absolute atomic E-state index is 12.2. The van der Waals surface area contributed by atoms with Crippen LogP contribution in [0.3, 0.4) is 0 Å². The van der Waals surface area contributed by atoms with Crippen LogP contribution in [-0.2, 0) is 6.54 Å². The maximum atomic E-state index is 12.2. The first kappa shape index (κ1) is 17.1. The zero-order chi connectivity index (χ0) is 18.5. The molecule has 1 heterocycles. The minimum Gasteiger partial charge on any atom is -0.322 e. The van der Waals surface area contributed by atoms with Crippen molar-refractivity contribution in [3.05, 3.63) is 105 Å². The number of para-hydroxylation sites is 1. The third kappa shape index (κ3) is 4.02. The van der Waals surface area contributed by atoms with E-state index in [0.717, 1.165) is 5.56 Å². The van der Waals surface area contributed by atoms with Crippen LogP contribution in [0, 0.1) is 10.1 Å². The van der Waals surface area contributed by atoms with Crippen LogP contribution in [0.15, 0.2) is 77.7 Å². The highest BCUT2D eigenvalue weighted by Gasteiger charge is 2.09. The Hall–Kier alpha value is -3.74. The van der Waals surface area contributed by atoms with Gasteiger partial charge in [-0.05, 0) is 29.8 Å². The van der Waals surface area contributed by atoms with Crippen LogP contribution in [-0.4, -0.2) is 15.4 Å². The van der Waals surface area contributed by atoms with E-state index < -0.39 is 4.92 Å². The van der Waals surface area contributed by atoms with Gasteiger partial charge in [-0.25, -0.2) is 0 Å². The van der Waals surface area contributed by atoms with Crippen molar-refractivity contribution in [3.63, 3.8) is 0 Å². The molecule has 0 unspecified atom stereocenters. The molecule has 1 N–H and O–H groups in total. The van der Waals surface area contributed by atoms with Crippen LogP contribution < -0.4 is 10.9 Å². The predicted octanol–water partition coefficient (Wildman–Crippen LogP) is 3.06. The number of carbonyl (C=O) groups is 1. The van der Waals surface area contributed by atoms with Gasteiger partial charge in [-0.3, -0.25) is 19.7 Å². The van der Waals surface area contributed by atoms with Gasteiger partial charge in [0, 0.05) is 23.4 Å². The Morgan fingerprint density at radius 3 is 2.35 bits per heavy atom. The second kappa shape index (κ2) is 7.43. The van der Waals surface area contributed by atoms with Gasteiger partial charge in [0.2, 0.25) is 0 Å². The SMILES string of the molecule is O=C(Nc1ccccc1)c1ccc(Cn2cc([N+](=O)[O-])ccc2=O)cc1. The molecule has 0 bridgehead atoms. The molecule has 0 saturated carbocycles. The third-order valence-corrected chi connectivity index (χ3v) is 3.78. The van der Waals surface area contributed by atoms with Crippen molar-refractivity contribution in [2.75, 3.05) is 5.32 Å². The van der Waals surface area contributed by atoms with E-state index in [2.05, 4.69) is 5.32 Å². The number of carbonyl (C=O) groups excluding carboxylic acids is 1. The zero-order valence-electron chi connectivity index (χ0n) is 13.7. The lowest BCUT2D eigenvalue weighted by Gasteiger charge is -2.08. The molecule has 0 aliphatic rings. The largest absolute Gasteiger partial charge is 0.322 e. The molecule has 26 heavy (non-hydrogen) atoms. The molecule has 0 aliphatic carbocycles. The smallest absolute Gasteiger partial charge is 0.285 e. The number of aromatic nitrogens is 1. The van der Waals surface area contributed by atoms with Gasteiger partial charge in [0.25, 0.3) is 17.2 Å². The Bertz CT molecular complexity index is 995. The molecule has 0 fully saturated rings. The number of anilines is 1. The number of nitro groups is 1. The van der Waals surface area contributed by atoms with E-state index >= 15 is 0 Å². The maximum Gasteiger partial charge on any atom is 0.285 e. The Morgan fingerprint density at radius 1 is 1.00 bits per heavy atom. The van der Waals surface area contributed by atoms with Crippen molar-refractivity contribution in [3.8, 4) is 0 Å². The summed E-state index contributed by atoms with van der Waals surface area (Å²) in [7, 11) is 0. The van der Waals surface area contributed by atoms with E-state index in [1.165, 1.54) is 22.9 Å². The van der Waals surface area contributed by atoms with Crippen LogP contribution in [0.5, 0.6) is 0 Å². The number of nitrogens with zero attached hydrogens (tertiary/aromatic N) is 2. The van der Waals surface area contributed by atoms with Gasteiger partial charge in [0.1, 0.15) is 0 Å². The summed E-state index contributed by atoms with van der Waals surface area (Å²) in [6, 6.07) is 18.2. The Balaban J connectivity index is 1.74. The summed E-state index contributed by atoms with van der Waals surface area (Å²) in [5.41, 5.74) is 1.45. The second-order valence-corrected chi connectivity index (χ2v) is 5.63. The average Bonchev–Trinajstić information content (AvgIpc) is 2.64. The van der Waals surface area contributed by atoms with Crippen molar-refractivity contribution in [1.82, 2.24) is 4.57 Å². The first-order chi connectivity index (χ1) is 12.5. The van der Waals surface area contributed by atoms with Gasteiger partial charge < -0.3 is 9.88 Å². The summed E-state index contributed by atoms with van der Waals surface area (Å²) in [5.74, 6) is -0.240. The van der Waals surface area contributed by atoms with Crippen LogP contribution >= 0.6 is 0 Å². The van der Waals surface area contributed by atoms with Gasteiger partial charge in [-0.2, -0.15) is 0 Å². The predicted molar refractivity (Wildman–Crippen MR) is 97.3 cm³/mol. The fourth-order valence-corrected chi connectivity index (χ4v) is 2.43. The summed E-state index contributed by atoms with van der Waals surface area (Å²) in [4.78, 5) is 34.4. The number of benzene rings is 2. The highest BCUT2D eigenvalue weighted by Crippen LogP contribution is 2.12. The highest BCUT2D eigenvalue weighted by molar-refractivity contribution is 6.04. The van der Waals surface area contributed by atoms with E-state index in [0.29, 0.717) is 11.3 Å². The lowest BCUT2D eigenvalue weighted by Crippen LogP contribution is -2.19. The molecule has 0 aliphatic heterocycles. The Morgan fingerprint density at radius 2 is 1.69 bits per heavy atom. The summed E-state index contributed by atoms with van der Waals surface area (Å²) in [6.45, 7) is 0.182. The molecule has 130 valence electrons. The van der Waals surface area contributed by atoms with Gasteiger partial charge in [0.05, 0.1) is 17.7 Å². The fourth-order valence-electron chi connectivity index (χ4n) is 2.43. The van der Waals surface area contributed by atoms with Gasteiger partial charge >= 0.3 is 0 Å². The number of nitrogens with one attached hydrogen (secondary N) is 1. The topological polar surface area (TPSA) is 94.2 Å². The van der Waals surface area contributed by atoms with E-state index in [9.17, 15) is 19.7 Å². The molecule has 0 atom stereocenters. The van der Waals surface area contributed by atoms with Crippen LogP contribution in [0.25, 0.3) is 0 Å². The van der Waals surface area contributed by atoms with E-state index in [1.54, 1.807) is 36.4 Å². The molecule has 1 aromatic heterocycles. The summed E-state index contributed by atoms with van der Waals surface area (Å²) < 4.78 is 1.26. The van der Waals surface area contributed by atoms with Crippen LogP contribution in [0.4, 0.5) is 11.4 Å². The first-order valence-electron chi connectivity index (χ1n) is 7.83. The standard InChI is InChI=1S/C19H15N3O4/c23-18-11-10-17(22(25)26)13-21(18)12-14-6-8-15(9-7-14)19(24)20-16-4-2-1-3-5-16/h1-11,13H,12H2,(H,20,24). The monoisotopic (exact) mass is 349 g/mol. The van der Waals surface area contributed by atoms with E-state index in [1.807, 2.05) is 18.2 Å². The second-order valence-electron chi connectivity index (χ2n) is 5.63. The highest BCUT2D eigenvalue weighted by atomic mass is 16.6. The molecule has 1 amide bonds. The zero-order valence-corrected chi connectivity index (χ0v) is 13.7. The molecule has 7 nitrogen and oxygen atoms in total. The number of pyridine rings is 1. The third-order valence-electron chi connectivity index (χ3n) is 3.78. The van der Waals surface area contributed by atoms with Crippen molar-refractivity contribution >= 4 is 17.3 Å². The van der Waals surface area contributed by atoms with Crippen molar-refractivity contribution in [2.24, 2.45) is 0 Å². The van der Waals surface area contributed by atoms with Crippen molar-refractivity contribution in [1.29, 1.82) is 0 Å². The molecule has 3 rings (SSSR count). The average molecular weight is 349 g/mol. The molecule has 0 radical (unpaired) electrons. The molecule has 0 spiro atoms. The van der Waals surface area contributed by atoms with E-state index in [-0.39, 0.29) is 23.7 Å². The quantitative estimate of drug-likeness (QED) is 0.566. The van der Waals surface area contributed by atoms with Gasteiger partial charge in [0.15, 0.2) is 0 Å². The van der Waals surface area contributed by atoms with Gasteiger partial charge in [-0.1, -0.05) is 30.3 Å². The minimum atomic E-state index is -0.549. The number of rotatable bonds is 5. The van der Waals surface area contributed by atoms with Crippen LogP contribution in [0.1, 0.15) is 15.9 Å². The normalized spacial score (nSPS) is 10.3. The Labute approximate surface area is 148 Å². The van der Waals surface area contributed by atoms with Crippen LogP contribution in [0.2, 0.25) is 0 Å². The molecule has 7 heteroatoms. The summed E-state index contributed by atoms with van der Waals surface area (Å²) >= 11 is 0. The molecule has 2 aromatic carbocycles. The molecular formula is C19H15N3O4. The van der Waals surface area contributed by atoms with Crippen molar-refractivity contribution < 1.29 is 9.72 Å². The molecule has 3 aromatic rings. The van der Waals surface area contributed by atoms with E-state index in [4.69, 9.17) is 0 Å². The van der Waals surface area contributed by atoms with Gasteiger partial charge in [-0.15, -0.1) is 0 Å². The lowest BCUT2D eigenvalue weighted by atomic mass is 10.1. The van der Waals surface area contributed by atoms with Crippen molar-refractivity contribution in [2.45, 2.75) is 6.54 Å². The summed E-state index contributed by atoms with van der Waals surface area (Å²) in [5, 5.41) is 13.6.